The number of hydrogen-bond donors (Lipinski definition) is 0. The van der Waals surface area contributed by atoms with Gasteiger partial charge in [-0.1, -0.05) is 42.5 Å². The van der Waals surface area contributed by atoms with E-state index >= 15 is 0 Å². The van der Waals surface area contributed by atoms with E-state index in [9.17, 15) is 4.79 Å². The lowest BCUT2D eigenvalue weighted by molar-refractivity contribution is 0.495. The molecule has 0 atom stereocenters. The van der Waals surface area contributed by atoms with E-state index in [-0.39, 0.29) is 5.63 Å². The fraction of sp³-hybridized carbons (Fsp3) is 0.176. The Morgan fingerprint density at radius 3 is 2.57 bits per heavy atom. The van der Waals surface area contributed by atoms with Crippen molar-refractivity contribution in [3.05, 3.63) is 70.6 Å². The molecule has 0 radical (unpaired) electrons. The minimum absolute atomic E-state index is 0.345. The first-order valence-electron chi connectivity index (χ1n) is 6.89. The van der Waals surface area contributed by atoms with Gasteiger partial charge in [0.15, 0.2) is 0 Å². The second-order valence-corrected chi connectivity index (χ2v) is 4.96. The minimum atomic E-state index is -0.345. The van der Waals surface area contributed by atoms with E-state index in [1.54, 1.807) is 12.1 Å². The summed E-state index contributed by atoms with van der Waals surface area (Å²) in [6.45, 7) is 0.734. The maximum atomic E-state index is 11.9. The molecule has 0 unspecified atom stereocenters. The second-order valence-electron chi connectivity index (χ2n) is 4.96. The van der Waals surface area contributed by atoms with E-state index in [0.29, 0.717) is 16.9 Å². The van der Waals surface area contributed by atoms with Crippen LogP contribution < -0.4 is 10.5 Å². The van der Waals surface area contributed by atoms with Crippen molar-refractivity contribution in [1.82, 2.24) is 4.98 Å². The van der Waals surface area contributed by atoms with Gasteiger partial charge >= 0.3 is 5.63 Å². The molecule has 0 saturated carbocycles. The summed E-state index contributed by atoms with van der Waals surface area (Å²) in [7, 11) is 1.88. The molecule has 0 spiro atoms. The van der Waals surface area contributed by atoms with Crippen molar-refractivity contribution in [2.24, 2.45) is 0 Å². The van der Waals surface area contributed by atoms with E-state index in [0.717, 1.165) is 13.0 Å². The van der Waals surface area contributed by atoms with Crippen LogP contribution in [-0.2, 0) is 6.42 Å². The normalized spacial score (nSPS) is 10.7. The molecule has 0 aliphatic heterocycles. The second kappa shape index (κ2) is 5.79. The number of likely N-dealkylation sites (N-methyl/N-ethyl adjacent to an activating group) is 1. The third kappa shape index (κ3) is 2.94. The average Bonchev–Trinajstić information content (AvgIpc) is 2.53. The van der Waals surface area contributed by atoms with Crippen molar-refractivity contribution < 1.29 is 4.42 Å². The van der Waals surface area contributed by atoms with Gasteiger partial charge < -0.3 is 9.32 Å². The van der Waals surface area contributed by atoms with Gasteiger partial charge in [0.1, 0.15) is 0 Å². The summed E-state index contributed by atoms with van der Waals surface area (Å²) in [5.74, 6) is 0. The molecule has 21 heavy (non-hydrogen) atoms. The summed E-state index contributed by atoms with van der Waals surface area (Å²) in [6, 6.07) is 17.8. The van der Waals surface area contributed by atoms with Crippen LogP contribution in [0, 0.1) is 0 Å². The topological polar surface area (TPSA) is 46.3 Å². The molecule has 4 heteroatoms. The zero-order valence-electron chi connectivity index (χ0n) is 11.8. The van der Waals surface area contributed by atoms with Gasteiger partial charge in [0.25, 0.3) is 6.01 Å². The molecule has 0 N–H and O–H groups in total. The lowest BCUT2D eigenvalue weighted by Crippen LogP contribution is -2.23. The number of aromatic nitrogens is 1. The summed E-state index contributed by atoms with van der Waals surface area (Å²) in [6.07, 6.45) is 0.871. The first kappa shape index (κ1) is 13.4. The van der Waals surface area contributed by atoms with Crippen LogP contribution in [0.15, 0.2) is 63.8 Å². The Morgan fingerprint density at radius 1 is 1.05 bits per heavy atom. The van der Waals surface area contributed by atoms with Crippen molar-refractivity contribution in [3.8, 4) is 0 Å². The number of benzene rings is 2. The minimum Gasteiger partial charge on any atom is -0.389 e. The number of nitrogens with zero attached hydrogens (tertiary/aromatic N) is 2. The highest BCUT2D eigenvalue weighted by Crippen LogP contribution is 2.13. The van der Waals surface area contributed by atoms with Crippen LogP contribution in [0.5, 0.6) is 0 Å². The third-order valence-corrected chi connectivity index (χ3v) is 3.43. The molecule has 3 aromatic rings. The zero-order valence-corrected chi connectivity index (χ0v) is 11.8. The van der Waals surface area contributed by atoms with Gasteiger partial charge in [-0.2, -0.15) is 4.98 Å². The molecular weight excluding hydrogens is 264 g/mol. The summed E-state index contributed by atoms with van der Waals surface area (Å²) < 4.78 is 5.30. The Kier molecular flexibility index (Phi) is 3.69. The van der Waals surface area contributed by atoms with Gasteiger partial charge in [-0.25, -0.2) is 4.79 Å². The lowest BCUT2D eigenvalue weighted by atomic mass is 10.1. The quantitative estimate of drug-likeness (QED) is 0.737. The highest BCUT2D eigenvalue weighted by molar-refractivity contribution is 5.77. The van der Waals surface area contributed by atoms with Crippen molar-refractivity contribution in [1.29, 1.82) is 0 Å². The van der Waals surface area contributed by atoms with Crippen LogP contribution in [0.25, 0.3) is 10.9 Å². The highest BCUT2D eigenvalue weighted by Gasteiger charge is 2.09. The van der Waals surface area contributed by atoms with Gasteiger partial charge in [-0.05, 0) is 24.1 Å². The van der Waals surface area contributed by atoms with Gasteiger partial charge in [-0.3, -0.25) is 0 Å². The first-order valence-corrected chi connectivity index (χ1v) is 6.89. The number of hydrogen-bond acceptors (Lipinski definition) is 4. The maximum absolute atomic E-state index is 11.9. The monoisotopic (exact) mass is 280 g/mol. The average molecular weight is 280 g/mol. The van der Waals surface area contributed by atoms with Crippen LogP contribution in [0.4, 0.5) is 6.01 Å². The lowest BCUT2D eigenvalue weighted by Gasteiger charge is -2.16. The smallest absolute Gasteiger partial charge is 0.348 e. The summed E-state index contributed by atoms with van der Waals surface area (Å²) in [5, 5.41) is 0.512. The third-order valence-electron chi connectivity index (χ3n) is 3.43. The van der Waals surface area contributed by atoms with E-state index in [4.69, 9.17) is 4.42 Å². The van der Waals surface area contributed by atoms with Crippen LogP contribution in [0.3, 0.4) is 0 Å². The molecule has 4 nitrogen and oxygen atoms in total. The molecule has 3 rings (SSSR count). The fourth-order valence-corrected chi connectivity index (χ4v) is 2.21. The van der Waals surface area contributed by atoms with Gasteiger partial charge in [0.2, 0.25) is 0 Å². The Hall–Kier alpha value is -2.62. The number of rotatable bonds is 4. The predicted octanol–water partition coefficient (Wildman–Crippen LogP) is 2.87. The van der Waals surface area contributed by atoms with Crippen LogP contribution in [0.2, 0.25) is 0 Å². The summed E-state index contributed by atoms with van der Waals surface area (Å²) >= 11 is 0. The Morgan fingerprint density at radius 2 is 1.76 bits per heavy atom. The molecule has 1 heterocycles. The molecule has 0 saturated heterocycles. The van der Waals surface area contributed by atoms with Gasteiger partial charge in [0.05, 0.1) is 10.9 Å². The molecular formula is C17H16N2O2. The SMILES string of the molecule is CN(CCc1ccccc1)c1nc2ccccc2c(=O)o1. The van der Waals surface area contributed by atoms with E-state index < -0.39 is 0 Å². The maximum Gasteiger partial charge on any atom is 0.348 e. The number of anilines is 1. The molecule has 2 aromatic carbocycles. The molecule has 106 valence electrons. The number of fused-ring (bicyclic) bond motifs is 1. The van der Waals surface area contributed by atoms with Crippen LogP contribution >= 0.6 is 0 Å². The molecule has 1 aromatic heterocycles. The Balaban J connectivity index is 1.81. The standard InChI is InChI=1S/C17H16N2O2/c1-19(12-11-13-7-3-2-4-8-13)17-18-15-10-6-5-9-14(15)16(20)21-17/h2-10H,11-12H2,1H3. The molecule has 0 fully saturated rings. The fourth-order valence-electron chi connectivity index (χ4n) is 2.21. The van der Waals surface area contributed by atoms with Crippen LogP contribution in [0.1, 0.15) is 5.56 Å². The predicted molar refractivity (Wildman–Crippen MR) is 83.7 cm³/mol. The molecule has 0 amide bonds. The Bertz CT molecular complexity index is 796. The highest BCUT2D eigenvalue weighted by atomic mass is 16.4. The van der Waals surface area contributed by atoms with Crippen molar-refractivity contribution in [2.45, 2.75) is 6.42 Å². The largest absolute Gasteiger partial charge is 0.389 e. The van der Waals surface area contributed by atoms with E-state index in [2.05, 4.69) is 17.1 Å². The molecule has 0 bridgehead atoms. The van der Waals surface area contributed by atoms with E-state index in [1.807, 2.05) is 42.3 Å². The molecule has 0 aliphatic rings. The van der Waals surface area contributed by atoms with Crippen LogP contribution in [-0.4, -0.2) is 18.6 Å². The number of para-hydroxylation sites is 1. The van der Waals surface area contributed by atoms with Gasteiger partial charge in [-0.15, -0.1) is 0 Å². The first-order chi connectivity index (χ1) is 10.2. The van der Waals surface area contributed by atoms with Crippen molar-refractivity contribution in [3.63, 3.8) is 0 Å². The Labute approximate surface area is 122 Å². The zero-order chi connectivity index (χ0) is 14.7. The van der Waals surface area contributed by atoms with Gasteiger partial charge in [0, 0.05) is 13.6 Å². The van der Waals surface area contributed by atoms with E-state index in [1.165, 1.54) is 5.56 Å². The van der Waals surface area contributed by atoms with Crippen molar-refractivity contribution >= 4 is 16.9 Å². The van der Waals surface area contributed by atoms with Crippen molar-refractivity contribution in [2.75, 3.05) is 18.5 Å². The summed E-state index contributed by atoms with van der Waals surface area (Å²) in [5.41, 5.74) is 1.56. The molecule has 0 aliphatic carbocycles. The summed E-state index contributed by atoms with van der Waals surface area (Å²) in [4.78, 5) is 18.2.